The molecular formula is C8H8N4O4S. The minimum absolute atomic E-state index is 0.183. The number of nitrogens with two attached hydrogens (primary N) is 1. The van der Waals surface area contributed by atoms with Crippen LogP contribution in [-0.4, -0.2) is 18.4 Å². The van der Waals surface area contributed by atoms with E-state index in [-0.39, 0.29) is 5.69 Å². The molecule has 17 heavy (non-hydrogen) atoms. The predicted octanol–water partition coefficient (Wildman–Crippen LogP) is -1.17. The summed E-state index contributed by atoms with van der Waals surface area (Å²) in [5.74, 6) is 0. The molecule has 0 aliphatic carbocycles. The van der Waals surface area contributed by atoms with Gasteiger partial charge in [-0.3, -0.25) is 14.3 Å². The van der Waals surface area contributed by atoms with Gasteiger partial charge in [0.1, 0.15) is 0 Å². The number of anilines is 1. The van der Waals surface area contributed by atoms with Crippen LogP contribution < -0.4 is 21.0 Å². The molecule has 2 rings (SSSR count). The minimum Gasteiger partial charge on any atom is -0.316 e. The van der Waals surface area contributed by atoms with Gasteiger partial charge in [-0.25, -0.2) is 5.14 Å². The maximum absolute atomic E-state index is 11.1. The average molecular weight is 256 g/mol. The Morgan fingerprint density at radius 3 is 2.24 bits per heavy atom. The molecule has 0 unspecified atom stereocenters. The first-order chi connectivity index (χ1) is 7.85. The van der Waals surface area contributed by atoms with Crippen molar-refractivity contribution in [1.82, 2.24) is 9.97 Å². The van der Waals surface area contributed by atoms with Gasteiger partial charge in [0, 0.05) is 0 Å². The Balaban J connectivity index is 2.62. The maximum atomic E-state index is 11.1. The second-order valence-corrected chi connectivity index (χ2v) is 4.61. The van der Waals surface area contributed by atoms with Crippen LogP contribution in [0.2, 0.25) is 0 Å². The summed E-state index contributed by atoms with van der Waals surface area (Å²) in [6, 6.07) is 4.19. The Labute approximate surface area is 94.7 Å². The number of nitrogens with one attached hydrogen (secondary N) is 3. The summed E-state index contributed by atoms with van der Waals surface area (Å²) >= 11 is 0. The van der Waals surface area contributed by atoms with E-state index in [1.165, 1.54) is 18.2 Å². The van der Waals surface area contributed by atoms with Gasteiger partial charge in [0.15, 0.2) is 0 Å². The van der Waals surface area contributed by atoms with E-state index in [0.717, 1.165) is 0 Å². The number of H-pyrrole nitrogens is 2. The molecule has 90 valence electrons. The quantitative estimate of drug-likeness (QED) is 0.503. The second-order valence-electron chi connectivity index (χ2n) is 3.32. The lowest BCUT2D eigenvalue weighted by atomic mass is 10.3. The molecule has 9 heteroatoms. The third kappa shape index (κ3) is 2.52. The van der Waals surface area contributed by atoms with Gasteiger partial charge < -0.3 is 9.97 Å². The predicted molar refractivity (Wildman–Crippen MR) is 61.9 cm³/mol. The molecule has 8 nitrogen and oxygen atoms in total. The van der Waals surface area contributed by atoms with E-state index in [4.69, 9.17) is 5.14 Å². The number of aromatic amines is 2. The lowest BCUT2D eigenvalue weighted by Crippen LogP contribution is -2.29. The number of hydrogen-bond donors (Lipinski definition) is 4. The van der Waals surface area contributed by atoms with Crippen molar-refractivity contribution < 1.29 is 8.42 Å². The van der Waals surface area contributed by atoms with Gasteiger partial charge in [-0.2, -0.15) is 8.42 Å². The van der Waals surface area contributed by atoms with Crippen molar-refractivity contribution in [3.63, 3.8) is 0 Å². The summed E-state index contributed by atoms with van der Waals surface area (Å²) < 4.78 is 23.6. The van der Waals surface area contributed by atoms with Crippen LogP contribution in [0.3, 0.4) is 0 Å². The van der Waals surface area contributed by atoms with E-state index in [2.05, 4.69) is 9.97 Å². The van der Waals surface area contributed by atoms with Crippen molar-refractivity contribution in [3.8, 4) is 0 Å². The highest BCUT2D eigenvalue weighted by Gasteiger charge is 2.04. The standard InChI is InChI=1S/C8H8N4O4S/c9-17(15,16)12-4-1-2-5-6(3-4)11-8(14)7(13)10-5/h1-3,12H,(H,10,13)(H,11,14)(H2,9,15,16). The molecule has 0 atom stereocenters. The summed E-state index contributed by atoms with van der Waals surface area (Å²) in [6.45, 7) is 0. The molecule has 1 aromatic heterocycles. The maximum Gasteiger partial charge on any atom is 0.314 e. The molecular weight excluding hydrogens is 248 g/mol. The fourth-order valence-electron chi connectivity index (χ4n) is 1.34. The highest BCUT2D eigenvalue weighted by molar-refractivity contribution is 7.90. The smallest absolute Gasteiger partial charge is 0.314 e. The summed E-state index contributed by atoms with van der Waals surface area (Å²) in [5.41, 5.74) is -0.726. The molecule has 0 amide bonds. The first kappa shape index (κ1) is 11.4. The molecule has 0 saturated carbocycles. The Kier molecular flexibility index (Phi) is 2.48. The first-order valence-electron chi connectivity index (χ1n) is 4.42. The van der Waals surface area contributed by atoms with Gasteiger partial charge in [-0.05, 0) is 18.2 Å². The van der Waals surface area contributed by atoms with E-state index in [1.807, 2.05) is 4.72 Å². The topological polar surface area (TPSA) is 138 Å². The molecule has 2 aromatic rings. The summed E-state index contributed by atoms with van der Waals surface area (Å²) in [7, 11) is -3.88. The summed E-state index contributed by atoms with van der Waals surface area (Å²) in [4.78, 5) is 26.7. The largest absolute Gasteiger partial charge is 0.316 e. The molecule has 0 spiro atoms. The van der Waals surface area contributed by atoms with E-state index in [9.17, 15) is 18.0 Å². The van der Waals surface area contributed by atoms with E-state index >= 15 is 0 Å². The van der Waals surface area contributed by atoms with Crippen molar-refractivity contribution >= 4 is 26.9 Å². The third-order valence-electron chi connectivity index (χ3n) is 1.98. The van der Waals surface area contributed by atoms with Crippen LogP contribution in [0.15, 0.2) is 27.8 Å². The van der Waals surface area contributed by atoms with Crippen molar-refractivity contribution in [2.24, 2.45) is 5.14 Å². The fraction of sp³-hybridized carbons (Fsp3) is 0. The second kappa shape index (κ2) is 3.71. The van der Waals surface area contributed by atoms with Crippen molar-refractivity contribution in [2.45, 2.75) is 0 Å². The SMILES string of the molecule is NS(=O)(=O)Nc1ccc2[nH]c(=O)c(=O)[nH]c2c1. The Morgan fingerprint density at radius 2 is 1.65 bits per heavy atom. The number of fused-ring (bicyclic) bond motifs is 1. The van der Waals surface area contributed by atoms with Gasteiger partial charge in [0.25, 0.3) is 10.2 Å². The number of hydrogen-bond acceptors (Lipinski definition) is 4. The van der Waals surface area contributed by atoms with Gasteiger partial charge in [0.05, 0.1) is 16.7 Å². The van der Waals surface area contributed by atoms with Crippen LogP contribution in [-0.2, 0) is 10.2 Å². The van der Waals surface area contributed by atoms with Gasteiger partial charge in [0.2, 0.25) is 0 Å². The van der Waals surface area contributed by atoms with Crippen LogP contribution in [0, 0.1) is 0 Å². The molecule has 0 radical (unpaired) electrons. The average Bonchev–Trinajstić information content (AvgIpc) is 2.18. The fourth-order valence-corrected chi connectivity index (χ4v) is 1.80. The zero-order valence-electron chi connectivity index (χ0n) is 8.35. The third-order valence-corrected chi connectivity index (χ3v) is 2.50. The normalized spacial score (nSPS) is 11.6. The number of benzene rings is 1. The van der Waals surface area contributed by atoms with E-state index in [1.54, 1.807) is 0 Å². The lowest BCUT2D eigenvalue weighted by Gasteiger charge is -2.04. The Bertz CT molecular complexity index is 789. The highest BCUT2D eigenvalue weighted by atomic mass is 32.2. The Morgan fingerprint density at radius 1 is 1.06 bits per heavy atom. The molecule has 0 aliphatic heterocycles. The molecule has 0 aliphatic rings. The minimum atomic E-state index is -3.88. The van der Waals surface area contributed by atoms with Crippen LogP contribution in [0.5, 0.6) is 0 Å². The van der Waals surface area contributed by atoms with Crippen LogP contribution in [0.25, 0.3) is 11.0 Å². The first-order valence-corrected chi connectivity index (χ1v) is 5.97. The molecule has 0 saturated heterocycles. The monoisotopic (exact) mass is 256 g/mol. The van der Waals surface area contributed by atoms with Crippen molar-refractivity contribution in [3.05, 3.63) is 38.9 Å². The number of aromatic nitrogens is 2. The molecule has 1 heterocycles. The number of rotatable bonds is 2. The molecule has 5 N–H and O–H groups in total. The zero-order valence-corrected chi connectivity index (χ0v) is 9.17. The van der Waals surface area contributed by atoms with E-state index in [0.29, 0.717) is 11.0 Å². The molecule has 0 fully saturated rings. The van der Waals surface area contributed by atoms with Gasteiger partial charge in [-0.1, -0.05) is 0 Å². The van der Waals surface area contributed by atoms with Crippen LogP contribution in [0.1, 0.15) is 0 Å². The highest BCUT2D eigenvalue weighted by Crippen LogP contribution is 2.14. The van der Waals surface area contributed by atoms with Crippen molar-refractivity contribution in [2.75, 3.05) is 4.72 Å². The van der Waals surface area contributed by atoms with Crippen LogP contribution in [0.4, 0.5) is 5.69 Å². The molecule has 1 aromatic carbocycles. The van der Waals surface area contributed by atoms with Crippen molar-refractivity contribution in [1.29, 1.82) is 0 Å². The summed E-state index contributed by atoms with van der Waals surface area (Å²) in [5, 5.41) is 4.80. The lowest BCUT2D eigenvalue weighted by molar-refractivity contribution is 0.603. The van der Waals surface area contributed by atoms with E-state index < -0.39 is 21.3 Å². The Hall–Kier alpha value is -2.13. The molecule has 0 bridgehead atoms. The van der Waals surface area contributed by atoms with Gasteiger partial charge >= 0.3 is 11.1 Å². The summed E-state index contributed by atoms with van der Waals surface area (Å²) in [6.07, 6.45) is 0. The van der Waals surface area contributed by atoms with Gasteiger partial charge in [-0.15, -0.1) is 0 Å². The van der Waals surface area contributed by atoms with Crippen LogP contribution >= 0.6 is 0 Å². The zero-order chi connectivity index (χ0) is 12.6.